The normalized spacial score (nSPS) is 21.5. The summed E-state index contributed by atoms with van der Waals surface area (Å²) in [6, 6.07) is 9.90. The molecule has 122 valence electrons. The Morgan fingerprint density at radius 2 is 2.08 bits per heavy atom. The minimum Gasteiger partial charge on any atom is -0.335 e. The Bertz CT molecular complexity index is 778. The van der Waals surface area contributed by atoms with Gasteiger partial charge in [0.25, 0.3) is 5.91 Å². The van der Waals surface area contributed by atoms with Crippen molar-refractivity contribution in [3.63, 3.8) is 0 Å². The van der Waals surface area contributed by atoms with E-state index in [9.17, 15) is 10.1 Å². The first-order valence-corrected chi connectivity index (χ1v) is 8.05. The van der Waals surface area contributed by atoms with Gasteiger partial charge in [0.05, 0.1) is 17.3 Å². The van der Waals surface area contributed by atoms with E-state index in [1.165, 1.54) is 11.0 Å². The molecule has 2 aromatic rings. The standard InChI is InChI=1S/C16H17N7O/c17-9-13-10-21(7-8-22(13)12-5-6-12)16(24)14-3-1-2-4-15(14)23-11-18-19-20-23/h1-4,11-13H,5-8,10H2. The van der Waals surface area contributed by atoms with Crippen LogP contribution in [0.4, 0.5) is 0 Å². The first kappa shape index (κ1) is 14.8. The molecule has 1 atom stereocenters. The predicted octanol–water partition coefficient (Wildman–Crippen LogP) is 0.475. The molecule has 0 bridgehead atoms. The van der Waals surface area contributed by atoms with Crippen LogP contribution in [-0.4, -0.2) is 67.6 Å². The number of piperazine rings is 1. The van der Waals surface area contributed by atoms with E-state index < -0.39 is 0 Å². The Morgan fingerprint density at radius 3 is 2.79 bits per heavy atom. The van der Waals surface area contributed by atoms with Crippen molar-refractivity contribution < 1.29 is 4.79 Å². The van der Waals surface area contributed by atoms with E-state index in [0.29, 0.717) is 30.4 Å². The maximum absolute atomic E-state index is 13.0. The fourth-order valence-corrected chi connectivity index (χ4v) is 3.24. The molecular weight excluding hydrogens is 306 g/mol. The molecule has 1 aromatic heterocycles. The zero-order valence-corrected chi connectivity index (χ0v) is 13.1. The topological polar surface area (TPSA) is 90.9 Å². The third-order valence-electron chi connectivity index (χ3n) is 4.60. The first-order valence-electron chi connectivity index (χ1n) is 8.05. The van der Waals surface area contributed by atoms with Gasteiger partial charge in [0.1, 0.15) is 12.4 Å². The molecule has 0 spiro atoms. The highest BCUT2D eigenvalue weighted by Gasteiger charge is 2.38. The number of nitrogens with zero attached hydrogens (tertiary/aromatic N) is 7. The van der Waals surface area contributed by atoms with Crippen LogP contribution in [0, 0.1) is 11.3 Å². The second-order valence-corrected chi connectivity index (χ2v) is 6.14. The molecule has 8 nitrogen and oxygen atoms in total. The molecule has 0 radical (unpaired) electrons. The number of carbonyl (C=O) groups excluding carboxylic acids is 1. The van der Waals surface area contributed by atoms with E-state index in [1.54, 1.807) is 11.0 Å². The summed E-state index contributed by atoms with van der Waals surface area (Å²) < 4.78 is 1.48. The number of para-hydroxylation sites is 1. The number of rotatable bonds is 3. The summed E-state index contributed by atoms with van der Waals surface area (Å²) in [6.07, 6.45) is 3.79. The fraction of sp³-hybridized carbons (Fsp3) is 0.438. The van der Waals surface area contributed by atoms with E-state index in [2.05, 4.69) is 26.5 Å². The molecule has 1 aliphatic carbocycles. The van der Waals surface area contributed by atoms with Gasteiger partial charge in [-0.1, -0.05) is 12.1 Å². The molecule has 4 rings (SSSR count). The molecular formula is C16H17N7O. The molecule has 2 heterocycles. The van der Waals surface area contributed by atoms with Crippen LogP contribution in [0.2, 0.25) is 0 Å². The highest BCUT2D eigenvalue weighted by molar-refractivity contribution is 5.97. The molecule has 1 unspecified atom stereocenters. The van der Waals surface area contributed by atoms with Crippen LogP contribution in [-0.2, 0) is 0 Å². The van der Waals surface area contributed by atoms with Gasteiger partial charge < -0.3 is 4.90 Å². The minimum atomic E-state index is -0.226. The molecule has 2 fully saturated rings. The molecule has 1 aliphatic heterocycles. The largest absolute Gasteiger partial charge is 0.335 e. The maximum atomic E-state index is 13.0. The Labute approximate surface area is 139 Å². The van der Waals surface area contributed by atoms with E-state index in [4.69, 9.17) is 0 Å². The lowest BCUT2D eigenvalue weighted by Gasteiger charge is -2.38. The smallest absolute Gasteiger partial charge is 0.256 e. The van der Waals surface area contributed by atoms with E-state index in [0.717, 1.165) is 19.4 Å². The van der Waals surface area contributed by atoms with Crippen LogP contribution in [0.5, 0.6) is 0 Å². The van der Waals surface area contributed by atoms with Crippen molar-refractivity contribution in [1.82, 2.24) is 30.0 Å². The monoisotopic (exact) mass is 323 g/mol. The molecule has 1 aromatic carbocycles. The van der Waals surface area contributed by atoms with E-state index in [-0.39, 0.29) is 11.9 Å². The molecule has 2 aliphatic rings. The summed E-state index contributed by atoms with van der Waals surface area (Å²) >= 11 is 0. The van der Waals surface area contributed by atoms with Gasteiger partial charge in [-0.05, 0) is 35.4 Å². The van der Waals surface area contributed by atoms with E-state index in [1.807, 2.05) is 18.2 Å². The zero-order chi connectivity index (χ0) is 16.5. The van der Waals surface area contributed by atoms with Crippen LogP contribution in [0.15, 0.2) is 30.6 Å². The first-order chi connectivity index (χ1) is 11.8. The molecule has 1 amide bonds. The third-order valence-corrected chi connectivity index (χ3v) is 4.60. The van der Waals surface area contributed by atoms with Gasteiger partial charge in [-0.25, -0.2) is 0 Å². The van der Waals surface area contributed by atoms with Crippen molar-refractivity contribution in [2.45, 2.75) is 24.9 Å². The van der Waals surface area contributed by atoms with Gasteiger partial charge in [0.2, 0.25) is 0 Å². The third kappa shape index (κ3) is 2.63. The summed E-state index contributed by atoms with van der Waals surface area (Å²) in [6.45, 7) is 1.83. The zero-order valence-electron chi connectivity index (χ0n) is 13.1. The second-order valence-electron chi connectivity index (χ2n) is 6.14. The van der Waals surface area contributed by atoms with Gasteiger partial charge in [-0.15, -0.1) is 5.10 Å². The van der Waals surface area contributed by atoms with Crippen molar-refractivity contribution in [2.24, 2.45) is 0 Å². The van der Waals surface area contributed by atoms with Crippen molar-refractivity contribution >= 4 is 5.91 Å². The molecule has 24 heavy (non-hydrogen) atoms. The summed E-state index contributed by atoms with van der Waals surface area (Å²) in [5, 5.41) is 20.6. The van der Waals surface area contributed by atoms with Gasteiger partial charge in [0, 0.05) is 25.7 Å². The molecule has 1 saturated heterocycles. The lowest BCUT2D eigenvalue weighted by atomic mass is 10.1. The fourth-order valence-electron chi connectivity index (χ4n) is 3.24. The summed E-state index contributed by atoms with van der Waals surface area (Å²) in [7, 11) is 0. The number of nitriles is 1. The Kier molecular flexibility index (Phi) is 3.70. The Morgan fingerprint density at radius 1 is 1.25 bits per heavy atom. The van der Waals surface area contributed by atoms with Crippen molar-refractivity contribution in [3.05, 3.63) is 36.2 Å². The average molecular weight is 323 g/mol. The number of hydrogen-bond acceptors (Lipinski definition) is 6. The maximum Gasteiger partial charge on any atom is 0.256 e. The number of hydrogen-bond donors (Lipinski definition) is 0. The lowest BCUT2D eigenvalue weighted by Crippen LogP contribution is -2.55. The van der Waals surface area contributed by atoms with Crippen molar-refractivity contribution in [3.8, 4) is 11.8 Å². The predicted molar refractivity (Wildman–Crippen MR) is 84.2 cm³/mol. The Balaban J connectivity index is 1.58. The van der Waals surface area contributed by atoms with Crippen LogP contribution in [0.3, 0.4) is 0 Å². The van der Waals surface area contributed by atoms with Crippen LogP contribution in [0.1, 0.15) is 23.2 Å². The number of aromatic nitrogens is 4. The molecule has 8 heteroatoms. The highest BCUT2D eigenvalue weighted by Crippen LogP contribution is 2.30. The van der Waals surface area contributed by atoms with Crippen LogP contribution < -0.4 is 0 Å². The quantitative estimate of drug-likeness (QED) is 0.816. The minimum absolute atomic E-state index is 0.0863. The molecule has 0 N–H and O–H groups in total. The summed E-state index contributed by atoms with van der Waals surface area (Å²) in [5.41, 5.74) is 1.19. The number of tetrazole rings is 1. The summed E-state index contributed by atoms with van der Waals surface area (Å²) in [4.78, 5) is 17.0. The second kappa shape index (κ2) is 6.02. The lowest BCUT2D eigenvalue weighted by molar-refractivity contribution is 0.0550. The highest BCUT2D eigenvalue weighted by atomic mass is 16.2. The number of benzene rings is 1. The number of carbonyl (C=O) groups is 1. The molecule has 1 saturated carbocycles. The van der Waals surface area contributed by atoms with Gasteiger partial charge in [0.15, 0.2) is 0 Å². The van der Waals surface area contributed by atoms with Gasteiger partial charge >= 0.3 is 0 Å². The SMILES string of the molecule is N#CC1CN(C(=O)c2ccccc2-n2cnnn2)CCN1C1CC1. The van der Waals surface area contributed by atoms with Crippen molar-refractivity contribution in [1.29, 1.82) is 5.26 Å². The van der Waals surface area contributed by atoms with Crippen molar-refractivity contribution in [2.75, 3.05) is 19.6 Å². The van der Waals surface area contributed by atoms with Crippen LogP contribution in [0.25, 0.3) is 5.69 Å². The number of amides is 1. The van der Waals surface area contributed by atoms with Crippen LogP contribution >= 0.6 is 0 Å². The Hall–Kier alpha value is -2.79. The summed E-state index contributed by atoms with van der Waals surface area (Å²) in [5.74, 6) is -0.0863. The van der Waals surface area contributed by atoms with Gasteiger partial charge in [-0.2, -0.15) is 9.94 Å². The van der Waals surface area contributed by atoms with E-state index >= 15 is 0 Å². The average Bonchev–Trinajstić information content (AvgIpc) is 3.34. The van der Waals surface area contributed by atoms with Gasteiger partial charge in [-0.3, -0.25) is 9.69 Å².